The van der Waals surface area contributed by atoms with E-state index in [0.29, 0.717) is 25.7 Å². The Morgan fingerprint density at radius 2 is 1.96 bits per heavy atom. The van der Waals surface area contributed by atoms with E-state index in [1.54, 1.807) is 12.2 Å². The number of carbonyl (C=O) groups is 2. The van der Waals surface area contributed by atoms with Crippen molar-refractivity contribution in [1.29, 1.82) is 0 Å². The summed E-state index contributed by atoms with van der Waals surface area (Å²) in [6.45, 7) is 0. The highest BCUT2D eigenvalue weighted by Gasteiger charge is 2.39. The molecule has 1 saturated carbocycles. The zero-order valence-corrected chi connectivity index (χ0v) is 15.4. The van der Waals surface area contributed by atoms with E-state index in [1.165, 1.54) is 0 Å². The van der Waals surface area contributed by atoms with Crippen molar-refractivity contribution in [2.45, 2.75) is 50.7 Å². The van der Waals surface area contributed by atoms with E-state index in [4.69, 9.17) is 5.11 Å². The van der Waals surface area contributed by atoms with Crippen molar-refractivity contribution in [3.05, 3.63) is 60.2 Å². The van der Waals surface area contributed by atoms with E-state index >= 15 is 0 Å². The van der Waals surface area contributed by atoms with E-state index in [2.05, 4.69) is 0 Å². The summed E-state index contributed by atoms with van der Waals surface area (Å²) in [7, 11) is 0. The predicted molar refractivity (Wildman–Crippen MR) is 103 cm³/mol. The van der Waals surface area contributed by atoms with Crippen molar-refractivity contribution >= 4 is 11.8 Å². The number of benzene rings is 1. The smallest absolute Gasteiger partial charge is 0.303 e. The molecule has 1 aliphatic rings. The maximum Gasteiger partial charge on any atom is 0.303 e. The van der Waals surface area contributed by atoms with Gasteiger partial charge >= 0.3 is 5.97 Å². The molecule has 5 heteroatoms. The molecule has 1 aliphatic carbocycles. The van der Waals surface area contributed by atoms with E-state index in [-0.39, 0.29) is 30.5 Å². The standard InChI is InChI=1S/C22H28O5/c23-17(14-16-8-4-3-5-9-16)12-13-19-18(20(24)15-21(19)25)10-6-1-2-7-11-22(26)27/h1,3-6,8-9,12-13,17-19,21,23,25H,2,7,10-11,14-15H2,(H,26,27)/t17?,18?,19-,21?/m1/s1. The molecule has 146 valence electrons. The van der Waals surface area contributed by atoms with Gasteiger partial charge in [-0.25, -0.2) is 0 Å². The summed E-state index contributed by atoms with van der Waals surface area (Å²) in [4.78, 5) is 22.7. The van der Waals surface area contributed by atoms with Gasteiger partial charge in [0.15, 0.2) is 0 Å². The first kappa shape index (κ1) is 21.1. The number of ketones is 1. The molecular weight excluding hydrogens is 344 g/mol. The second-order valence-electron chi connectivity index (χ2n) is 7.06. The number of aliphatic hydroxyl groups is 2. The fourth-order valence-corrected chi connectivity index (χ4v) is 3.44. The Labute approximate surface area is 160 Å². The van der Waals surface area contributed by atoms with Crippen LogP contribution in [0.3, 0.4) is 0 Å². The third-order valence-corrected chi connectivity index (χ3v) is 4.89. The Hall–Kier alpha value is -2.24. The Balaban J connectivity index is 1.87. The molecule has 5 nitrogen and oxygen atoms in total. The van der Waals surface area contributed by atoms with Gasteiger partial charge in [-0.1, -0.05) is 54.6 Å². The van der Waals surface area contributed by atoms with Crippen LogP contribution in [0.25, 0.3) is 0 Å². The number of carbonyl (C=O) groups excluding carboxylic acids is 1. The second-order valence-corrected chi connectivity index (χ2v) is 7.06. The number of Topliss-reactive ketones (excluding diaryl/α,β-unsaturated/α-hetero) is 1. The minimum atomic E-state index is -0.809. The Bertz CT molecular complexity index is 665. The molecule has 27 heavy (non-hydrogen) atoms. The first-order chi connectivity index (χ1) is 13.0. The average Bonchev–Trinajstić information content (AvgIpc) is 2.89. The molecule has 2 rings (SSSR count). The summed E-state index contributed by atoms with van der Waals surface area (Å²) in [6, 6.07) is 9.66. The highest BCUT2D eigenvalue weighted by molar-refractivity contribution is 5.84. The summed E-state index contributed by atoms with van der Waals surface area (Å²) >= 11 is 0. The number of carboxylic acid groups (broad SMARTS) is 1. The number of carboxylic acids is 1. The number of aliphatic carboxylic acids is 1. The lowest BCUT2D eigenvalue weighted by molar-refractivity contribution is -0.137. The zero-order valence-electron chi connectivity index (χ0n) is 15.4. The highest BCUT2D eigenvalue weighted by Crippen LogP contribution is 2.33. The Morgan fingerprint density at radius 1 is 1.22 bits per heavy atom. The van der Waals surface area contributed by atoms with E-state index in [1.807, 2.05) is 42.5 Å². The van der Waals surface area contributed by atoms with Crippen molar-refractivity contribution in [3.8, 4) is 0 Å². The first-order valence-corrected chi connectivity index (χ1v) is 9.45. The lowest BCUT2D eigenvalue weighted by atomic mass is 9.90. The molecule has 0 aliphatic heterocycles. The van der Waals surface area contributed by atoms with Gasteiger partial charge < -0.3 is 15.3 Å². The van der Waals surface area contributed by atoms with Gasteiger partial charge in [0.2, 0.25) is 0 Å². The minimum Gasteiger partial charge on any atom is -0.481 e. The molecule has 4 atom stereocenters. The summed E-state index contributed by atoms with van der Waals surface area (Å²) in [5.74, 6) is -1.37. The van der Waals surface area contributed by atoms with Crippen molar-refractivity contribution in [3.63, 3.8) is 0 Å². The van der Waals surface area contributed by atoms with E-state index in [9.17, 15) is 19.8 Å². The second kappa shape index (κ2) is 10.8. The van der Waals surface area contributed by atoms with Gasteiger partial charge in [0.1, 0.15) is 5.78 Å². The molecule has 1 aromatic rings. The topological polar surface area (TPSA) is 94.8 Å². The van der Waals surface area contributed by atoms with Crippen LogP contribution in [0.15, 0.2) is 54.6 Å². The van der Waals surface area contributed by atoms with Crippen LogP contribution in [0.1, 0.15) is 37.7 Å². The van der Waals surface area contributed by atoms with Crippen LogP contribution in [-0.4, -0.2) is 39.3 Å². The number of aliphatic hydroxyl groups excluding tert-OH is 2. The van der Waals surface area contributed by atoms with Gasteiger partial charge in [0.25, 0.3) is 0 Å². The maximum atomic E-state index is 12.2. The fourth-order valence-electron chi connectivity index (χ4n) is 3.44. The first-order valence-electron chi connectivity index (χ1n) is 9.45. The molecule has 0 heterocycles. The van der Waals surface area contributed by atoms with Crippen LogP contribution in [-0.2, 0) is 16.0 Å². The maximum absolute atomic E-state index is 12.2. The summed E-state index contributed by atoms with van der Waals surface area (Å²) < 4.78 is 0. The SMILES string of the molecule is O=C(O)CCCC=CCC1C(=O)CC(O)[C@@H]1C=CC(O)Cc1ccccc1. The fraction of sp³-hybridized carbons (Fsp3) is 0.455. The molecule has 0 radical (unpaired) electrons. The molecular formula is C22H28O5. The normalized spacial score (nSPS) is 24.1. The number of hydrogen-bond acceptors (Lipinski definition) is 4. The van der Waals surface area contributed by atoms with Gasteiger partial charge in [-0.05, 0) is 24.8 Å². The zero-order chi connectivity index (χ0) is 19.6. The van der Waals surface area contributed by atoms with E-state index < -0.39 is 18.2 Å². The summed E-state index contributed by atoms with van der Waals surface area (Å²) in [5, 5.41) is 29.0. The van der Waals surface area contributed by atoms with Crippen molar-refractivity contribution in [1.82, 2.24) is 0 Å². The molecule has 1 aromatic carbocycles. The molecule has 0 bridgehead atoms. The monoisotopic (exact) mass is 372 g/mol. The van der Waals surface area contributed by atoms with Crippen molar-refractivity contribution in [2.24, 2.45) is 11.8 Å². The largest absolute Gasteiger partial charge is 0.481 e. The third kappa shape index (κ3) is 7.12. The lowest BCUT2D eigenvalue weighted by Crippen LogP contribution is -2.19. The van der Waals surface area contributed by atoms with Gasteiger partial charge in [-0.3, -0.25) is 9.59 Å². The predicted octanol–water partition coefficient (Wildman–Crippen LogP) is 2.91. The van der Waals surface area contributed by atoms with Crippen LogP contribution in [0, 0.1) is 11.8 Å². The van der Waals surface area contributed by atoms with Gasteiger partial charge in [0, 0.05) is 31.1 Å². The molecule has 3 unspecified atom stereocenters. The number of unbranched alkanes of at least 4 members (excludes halogenated alkanes) is 1. The quantitative estimate of drug-likeness (QED) is 0.434. The van der Waals surface area contributed by atoms with Gasteiger partial charge in [-0.2, -0.15) is 0 Å². The summed E-state index contributed by atoms with van der Waals surface area (Å²) in [5.41, 5.74) is 1.03. The van der Waals surface area contributed by atoms with Crippen molar-refractivity contribution < 1.29 is 24.9 Å². The molecule has 0 aromatic heterocycles. The highest BCUT2D eigenvalue weighted by atomic mass is 16.4. The van der Waals surface area contributed by atoms with Crippen LogP contribution >= 0.6 is 0 Å². The molecule has 1 fully saturated rings. The molecule has 3 N–H and O–H groups in total. The third-order valence-electron chi connectivity index (χ3n) is 4.89. The van der Waals surface area contributed by atoms with Crippen LogP contribution in [0.5, 0.6) is 0 Å². The number of hydrogen-bond donors (Lipinski definition) is 3. The average molecular weight is 372 g/mol. The minimum absolute atomic E-state index is 0.0323. The van der Waals surface area contributed by atoms with Gasteiger partial charge in [-0.15, -0.1) is 0 Å². The number of allylic oxidation sites excluding steroid dienone is 2. The van der Waals surface area contributed by atoms with Crippen molar-refractivity contribution in [2.75, 3.05) is 0 Å². The molecule has 0 amide bonds. The van der Waals surface area contributed by atoms with Crippen LogP contribution in [0.2, 0.25) is 0 Å². The van der Waals surface area contributed by atoms with Gasteiger partial charge in [0.05, 0.1) is 12.2 Å². The molecule has 0 spiro atoms. The summed E-state index contributed by atoms with van der Waals surface area (Å²) in [6.07, 6.45) is 8.36. The Kier molecular flexibility index (Phi) is 8.43. The van der Waals surface area contributed by atoms with E-state index in [0.717, 1.165) is 5.56 Å². The van der Waals surface area contributed by atoms with Crippen LogP contribution < -0.4 is 0 Å². The Morgan fingerprint density at radius 3 is 2.67 bits per heavy atom. The number of rotatable bonds is 10. The lowest BCUT2D eigenvalue weighted by Gasteiger charge is -2.16. The van der Waals surface area contributed by atoms with Crippen LogP contribution in [0.4, 0.5) is 0 Å². The molecule has 0 saturated heterocycles.